The van der Waals surface area contributed by atoms with Gasteiger partial charge in [0.2, 0.25) is 0 Å². The summed E-state index contributed by atoms with van der Waals surface area (Å²) in [6.07, 6.45) is 4.00. The lowest BCUT2D eigenvalue weighted by Gasteiger charge is -2.22. The van der Waals surface area contributed by atoms with Crippen molar-refractivity contribution in [3.63, 3.8) is 0 Å². The maximum absolute atomic E-state index is 12.1. The number of esters is 1. The zero-order valence-electron chi connectivity index (χ0n) is 13.0. The van der Waals surface area contributed by atoms with Gasteiger partial charge in [0.25, 0.3) is 5.91 Å². The van der Waals surface area contributed by atoms with E-state index in [2.05, 4.69) is 5.32 Å². The molecule has 0 radical (unpaired) electrons. The molecule has 1 unspecified atom stereocenters. The quantitative estimate of drug-likeness (QED) is 0.852. The van der Waals surface area contributed by atoms with Gasteiger partial charge in [-0.3, -0.25) is 9.59 Å². The Balaban J connectivity index is 1.90. The van der Waals surface area contributed by atoms with Crippen molar-refractivity contribution in [2.75, 3.05) is 5.32 Å². The first-order valence-corrected chi connectivity index (χ1v) is 8.10. The Bertz CT molecular complexity index is 633. The van der Waals surface area contributed by atoms with Gasteiger partial charge in [-0.2, -0.15) is 5.26 Å². The lowest BCUT2D eigenvalue weighted by molar-refractivity contribution is -0.158. The molecule has 6 heteroatoms. The zero-order chi connectivity index (χ0) is 16.8. The largest absolute Gasteiger partial charge is 0.452 e. The van der Waals surface area contributed by atoms with Crippen LogP contribution in [0, 0.1) is 17.2 Å². The summed E-state index contributed by atoms with van der Waals surface area (Å²) < 4.78 is 5.26. The molecule has 1 saturated carbocycles. The second kappa shape index (κ2) is 7.98. The number of hydrogen-bond acceptors (Lipinski definition) is 4. The number of halogens is 1. The van der Waals surface area contributed by atoms with Gasteiger partial charge in [0, 0.05) is 5.69 Å². The summed E-state index contributed by atoms with van der Waals surface area (Å²) in [6, 6.07) is 6.55. The van der Waals surface area contributed by atoms with Crippen molar-refractivity contribution in [3.8, 4) is 6.07 Å². The molecule has 1 amide bonds. The van der Waals surface area contributed by atoms with E-state index in [0.717, 1.165) is 32.1 Å². The monoisotopic (exact) mass is 334 g/mol. The highest BCUT2D eigenvalue weighted by molar-refractivity contribution is 6.32. The molecule has 5 nitrogen and oxygen atoms in total. The van der Waals surface area contributed by atoms with E-state index < -0.39 is 12.0 Å². The Kier molecular flexibility index (Phi) is 6.00. The third-order valence-electron chi connectivity index (χ3n) is 3.96. The summed E-state index contributed by atoms with van der Waals surface area (Å²) in [7, 11) is 0. The van der Waals surface area contributed by atoms with Crippen LogP contribution in [0.3, 0.4) is 0 Å². The molecule has 0 aromatic heterocycles. The first-order chi connectivity index (χ1) is 11.0. The molecule has 1 aromatic carbocycles. The average Bonchev–Trinajstić information content (AvgIpc) is 2.55. The van der Waals surface area contributed by atoms with Crippen molar-refractivity contribution < 1.29 is 14.3 Å². The van der Waals surface area contributed by atoms with Crippen LogP contribution in [0.5, 0.6) is 0 Å². The number of nitriles is 1. The summed E-state index contributed by atoms with van der Waals surface area (Å²) in [5.41, 5.74) is 0.793. The first-order valence-electron chi connectivity index (χ1n) is 7.72. The number of ether oxygens (including phenoxy) is 1. The number of amides is 1. The third-order valence-corrected chi connectivity index (χ3v) is 4.27. The van der Waals surface area contributed by atoms with Crippen LogP contribution < -0.4 is 5.32 Å². The molecule has 1 aliphatic rings. The number of anilines is 1. The molecule has 0 heterocycles. The summed E-state index contributed by atoms with van der Waals surface area (Å²) in [5.74, 6) is -0.816. The highest BCUT2D eigenvalue weighted by atomic mass is 35.5. The highest BCUT2D eigenvalue weighted by Crippen LogP contribution is 2.25. The molecule has 2 rings (SSSR count). The van der Waals surface area contributed by atoms with Gasteiger partial charge in [0.05, 0.1) is 16.5 Å². The van der Waals surface area contributed by atoms with Crippen LogP contribution >= 0.6 is 11.6 Å². The van der Waals surface area contributed by atoms with Gasteiger partial charge in [-0.1, -0.05) is 30.9 Å². The number of nitrogens with one attached hydrogen (secondary N) is 1. The maximum atomic E-state index is 12.1. The minimum atomic E-state index is -0.876. The van der Waals surface area contributed by atoms with Gasteiger partial charge in [-0.05, 0) is 38.0 Å². The van der Waals surface area contributed by atoms with E-state index in [4.69, 9.17) is 21.6 Å². The van der Waals surface area contributed by atoms with Crippen molar-refractivity contribution in [1.29, 1.82) is 5.26 Å². The van der Waals surface area contributed by atoms with Crippen LogP contribution in [-0.4, -0.2) is 18.0 Å². The molecular weight excluding hydrogens is 316 g/mol. The molecule has 122 valence electrons. The number of hydrogen-bond donors (Lipinski definition) is 1. The molecule has 0 aliphatic heterocycles. The van der Waals surface area contributed by atoms with Gasteiger partial charge in [-0.15, -0.1) is 0 Å². The second-order valence-electron chi connectivity index (χ2n) is 5.71. The van der Waals surface area contributed by atoms with E-state index in [-0.39, 0.29) is 16.9 Å². The minimum absolute atomic E-state index is 0.0941. The SMILES string of the molecule is CC(OC(=O)C1CCCCC1)C(=O)Nc1ccc(C#N)c(Cl)c1. The molecule has 0 bridgehead atoms. The lowest BCUT2D eigenvalue weighted by atomic mass is 9.89. The van der Waals surface area contributed by atoms with Crippen LogP contribution in [0.4, 0.5) is 5.69 Å². The summed E-state index contributed by atoms with van der Waals surface area (Å²) >= 11 is 5.92. The van der Waals surface area contributed by atoms with Gasteiger partial charge in [-0.25, -0.2) is 0 Å². The molecule has 0 spiro atoms. The van der Waals surface area contributed by atoms with Crippen LogP contribution in [0.25, 0.3) is 0 Å². The Morgan fingerprint density at radius 2 is 2.04 bits per heavy atom. The van der Waals surface area contributed by atoms with E-state index in [9.17, 15) is 9.59 Å². The number of nitrogens with zero attached hydrogens (tertiary/aromatic N) is 1. The van der Waals surface area contributed by atoms with Crippen LogP contribution in [0.15, 0.2) is 18.2 Å². The topological polar surface area (TPSA) is 79.2 Å². The van der Waals surface area contributed by atoms with E-state index in [1.54, 1.807) is 13.0 Å². The molecule has 1 N–H and O–H groups in total. The van der Waals surface area contributed by atoms with Crippen molar-refractivity contribution in [2.45, 2.75) is 45.1 Å². The van der Waals surface area contributed by atoms with Gasteiger partial charge in [0.15, 0.2) is 6.10 Å². The van der Waals surface area contributed by atoms with Crippen LogP contribution in [-0.2, 0) is 14.3 Å². The second-order valence-corrected chi connectivity index (χ2v) is 6.12. The molecule has 1 atom stereocenters. The number of carbonyl (C=O) groups is 2. The van der Waals surface area contributed by atoms with Crippen LogP contribution in [0.1, 0.15) is 44.6 Å². The Morgan fingerprint density at radius 1 is 1.35 bits per heavy atom. The van der Waals surface area contributed by atoms with E-state index in [1.165, 1.54) is 12.1 Å². The van der Waals surface area contributed by atoms with Gasteiger partial charge >= 0.3 is 5.97 Å². The Hall–Kier alpha value is -2.06. The van der Waals surface area contributed by atoms with Gasteiger partial charge in [0.1, 0.15) is 6.07 Å². The molecule has 1 fully saturated rings. The number of rotatable bonds is 4. The molecule has 1 aromatic rings. The molecular formula is C17H19ClN2O3. The average molecular weight is 335 g/mol. The molecule has 1 aliphatic carbocycles. The van der Waals surface area contributed by atoms with Crippen molar-refractivity contribution >= 4 is 29.2 Å². The van der Waals surface area contributed by atoms with E-state index in [1.807, 2.05) is 6.07 Å². The standard InChI is InChI=1S/C17H19ClN2O3/c1-11(23-17(22)12-5-3-2-4-6-12)16(21)20-14-8-7-13(10-19)15(18)9-14/h7-9,11-12H,2-6H2,1H3,(H,20,21). The normalized spacial score (nSPS) is 16.2. The fraction of sp³-hybridized carbons (Fsp3) is 0.471. The number of carbonyl (C=O) groups excluding carboxylic acids is 2. The fourth-order valence-electron chi connectivity index (χ4n) is 2.59. The smallest absolute Gasteiger partial charge is 0.309 e. The maximum Gasteiger partial charge on any atom is 0.309 e. The highest BCUT2D eigenvalue weighted by Gasteiger charge is 2.26. The Morgan fingerprint density at radius 3 is 2.65 bits per heavy atom. The van der Waals surface area contributed by atoms with Crippen LogP contribution in [0.2, 0.25) is 5.02 Å². The first kappa shape index (κ1) is 17.3. The van der Waals surface area contributed by atoms with Crippen molar-refractivity contribution in [3.05, 3.63) is 28.8 Å². The van der Waals surface area contributed by atoms with E-state index in [0.29, 0.717) is 11.3 Å². The predicted octanol–water partition coefficient (Wildman–Crippen LogP) is 3.66. The molecule has 0 saturated heterocycles. The fourth-order valence-corrected chi connectivity index (χ4v) is 2.81. The summed E-state index contributed by atoms with van der Waals surface area (Å²) in [5, 5.41) is 11.7. The van der Waals surface area contributed by atoms with E-state index >= 15 is 0 Å². The van der Waals surface area contributed by atoms with Gasteiger partial charge < -0.3 is 10.1 Å². The molecule has 23 heavy (non-hydrogen) atoms. The Labute approximate surface area is 140 Å². The minimum Gasteiger partial charge on any atom is -0.452 e. The van der Waals surface area contributed by atoms with Crippen molar-refractivity contribution in [2.24, 2.45) is 5.92 Å². The zero-order valence-corrected chi connectivity index (χ0v) is 13.7. The summed E-state index contributed by atoms with van der Waals surface area (Å²) in [6.45, 7) is 1.54. The lowest BCUT2D eigenvalue weighted by Crippen LogP contribution is -2.32. The number of benzene rings is 1. The summed E-state index contributed by atoms with van der Waals surface area (Å²) in [4.78, 5) is 24.1. The predicted molar refractivity (Wildman–Crippen MR) is 86.9 cm³/mol. The van der Waals surface area contributed by atoms with Crippen molar-refractivity contribution in [1.82, 2.24) is 0 Å². The third kappa shape index (κ3) is 4.70.